The van der Waals surface area contributed by atoms with Crippen molar-refractivity contribution >= 4 is 44.6 Å². The lowest BCUT2D eigenvalue weighted by Gasteiger charge is -2.33. The number of rotatable bonds is 9. The molecule has 5 heteroatoms. The Bertz CT molecular complexity index is 3430. The molecule has 71 heavy (non-hydrogen) atoms. The van der Waals surface area contributed by atoms with Crippen molar-refractivity contribution in [3.05, 3.63) is 215 Å². The third-order valence-electron chi connectivity index (χ3n) is 15.1. The van der Waals surface area contributed by atoms with E-state index in [2.05, 4.69) is 274 Å². The lowest BCUT2D eigenvalue weighted by Crippen LogP contribution is -2.26. The molecule has 10 rings (SSSR count). The van der Waals surface area contributed by atoms with Gasteiger partial charge in [-0.15, -0.1) is 0 Å². The van der Waals surface area contributed by atoms with Crippen LogP contribution in [-0.4, -0.2) is 16.2 Å². The number of nitrogens with zero attached hydrogens (tertiary/aromatic N) is 4. The summed E-state index contributed by atoms with van der Waals surface area (Å²) in [5.41, 5.74) is 15.3. The van der Waals surface area contributed by atoms with Crippen LogP contribution < -0.4 is 14.5 Å². The van der Waals surface area contributed by atoms with Gasteiger partial charge in [-0.1, -0.05) is 181 Å². The van der Waals surface area contributed by atoms with Crippen molar-refractivity contribution < 1.29 is 4.74 Å². The first kappa shape index (κ1) is 47.6. The van der Waals surface area contributed by atoms with Crippen LogP contribution >= 0.6 is 0 Å². The fourth-order valence-electron chi connectivity index (χ4n) is 10.6. The minimum Gasteiger partial charge on any atom is -0.457 e. The minimum atomic E-state index is -0.217. The maximum atomic E-state index is 6.93. The van der Waals surface area contributed by atoms with E-state index in [4.69, 9.17) is 9.72 Å². The van der Waals surface area contributed by atoms with Crippen molar-refractivity contribution in [1.29, 1.82) is 0 Å². The van der Waals surface area contributed by atoms with E-state index < -0.39 is 0 Å². The Kier molecular flexibility index (Phi) is 11.6. The number of pyridine rings is 1. The highest BCUT2D eigenvalue weighted by Gasteiger charge is 2.36. The fourth-order valence-corrected chi connectivity index (χ4v) is 10.6. The van der Waals surface area contributed by atoms with Gasteiger partial charge in [-0.3, -0.25) is 4.57 Å². The molecule has 1 aliphatic rings. The van der Waals surface area contributed by atoms with E-state index in [1.54, 1.807) is 0 Å². The summed E-state index contributed by atoms with van der Waals surface area (Å²) >= 11 is 0. The molecule has 0 atom stereocenters. The van der Waals surface area contributed by atoms with E-state index in [0.717, 1.165) is 39.4 Å². The van der Waals surface area contributed by atoms with Crippen molar-refractivity contribution in [2.45, 2.75) is 117 Å². The van der Waals surface area contributed by atoms with Crippen LogP contribution in [0.4, 0.5) is 22.7 Å². The van der Waals surface area contributed by atoms with Crippen LogP contribution in [0, 0.1) is 0 Å². The highest BCUT2D eigenvalue weighted by molar-refractivity contribution is 6.09. The Morgan fingerprint density at radius 2 is 0.944 bits per heavy atom. The third kappa shape index (κ3) is 8.79. The molecular formula is C66H70N4O. The van der Waals surface area contributed by atoms with E-state index in [1.165, 1.54) is 61.4 Å². The van der Waals surface area contributed by atoms with Crippen LogP contribution in [0.1, 0.15) is 129 Å². The average molecular weight is 935 g/mol. The van der Waals surface area contributed by atoms with Crippen LogP contribution in [0.25, 0.3) is 27.6 Å². The van der Waals surface area contributed by atoms with Gasteiger partial charge in [0.25, 0.3) is 0 Å². The highest BCUT2D eigenvalue weighted by atomic mass is 16.5. The molecule has 0 amide bonds. The van der Waals surface area contributed by atoms with Gasteiger partial charge in [0.05, 0.1) is 22.4 Å². The Morgan fingerprint density at radius 1 is 0.394 bits per heavy atom. The monoisotopic (exact) mass is 935 g/mol. The number of aromatic nitrogens is 2. The maximum absolute atomic E-state index is 6.93. The minimum absolute atomic E-state index is 0.0602. The van der Waals surface area contributed by atoms with Crippen LogP contribution in [0.3, 0.4) is 0 Å². The molecule has 2 aromatic heterocycles. The van der Waals surface area contributed by atoms with Crippen LogP contribution in [0.5, 0.6) is 11.5 Å². The molecule has 0 saturated carbocycles. The largest absolute Gasteiger partial charge is 0.457 e. The number of ether oxygens (including phenoxy) is 1. The fraction of sp³-hybridized carbons (Fsp3) is 0.288. The Morgan fingerprint density at radius 3 is 1.56 bits per heavy atom. The Labute approximate surface area is 422 Å². The van der Waals surface area contributed by atoms with Gasteiger partial charge in [-0.2, -0.15) is 0 Å². The van der Waals surface area contributed by atoms with E-state index >= 15 is 0 Å². The predicted molar refractivity (Wildman–Crippen MR) is 300 cm³/mol. The molecule has 1 aliphatic heterocycles. The molecule has 0 N–H and O–H groups in total. The summed E-state index contributed by atoms with van der Waals surface area (Å²) in [7, 11) is 0. The quantitative estimate of drug-likeness (QED) is 0.144. The van der Waals surface area contributed by atoms with Gasteiger partial charge in [0.2, 0.25) is 0 Å². The SMILES string of the molecule is CC(C)(C)c1cc(N2CN(c3cccc(Oc4ccc5c6ccccc6n(-c6cc(C(C)(C)c7ccccc7)ccn6)c5c4)c3)c3cc(C(C)(C)C)c(C(C)(C)C)cc32)cc(C(C)(C)c2ccccc2)c1. The zero-order valence-electron chi connectivity index (χ0n) is 44.1. The molecule has 0 unspecified atom stereocenters. The van der Waals surface area contributed by atoms with Crippen molar-refractivity contribution in [1.82, 2.24) is 9.55 Å². The number of benzene rings is 7. The highest BCUT2D eigenvalue weighted by Crippen LogP contribution is 2.51. The number of para-hydroxylation sites is 1. The first-order valence-corrected chi connectivity index (χ1v) is 25.4. The van der Waals surface area contributed by atoms with Crippen molar-refractivity contribution in [3.63, 3.8) is 0 Å². The summed E-state index contributed by atoms with van der Waals surface area (Å²) in [4.78, 5) is 10.0. The molecule has 0 radical (unpaired) electrons. The molecule has 0 bridgehead atoms. The van der Waals surface area contributed by atoms with Gasteiger partial charge in [0, 0.05) is 51.3 Å². The number of fused-ring (bicyclic) bond motifs is 4. The third-order valence-corrected chi connectivity index (χ3v) is 15.1. The van der Waals surface area contributed by atoms with Gasteiger partial charge in [-0.25, -0.2) is 4.98 Å². The smallest absolute Gasteiger partial charge is 0.137 e. The second-order valence-electron chi connectivity index (χ2n) is 23.9. The van der Waals surface area contributed by atoms with Gasteiger partial charge in [0.15, 0.2) is 0 Å². The van der Waals surface area contributed by atoms with E-state index in [9.17, 15) is 0 Å². The zero-order valence-corrected chi connectivity index (χ0v) is 44.1. The van der Waals surface area contributed by atoms with Gasteiger partial charge < -0.3 is 14.5 Å². The second-order valence-corrected chi connectivity index (χ2v) is 23.9. The topological polar surface area (TPSA) is 33.5 Å². The summed E-state index contributed by atoms with van der Waals surface area (Å²) in [5.74, 6) is 2.42. The van der Waals surface area contributed by atoms with Gasteiger partial charge in [0.1, 0.15) is 24.0 Å². The molecule has 0 saturated heterocycles. The summed E-state index contributed by atoms with van der Waals surface area (Å²) in [6.07, 6.45) is 1.94. The summed E-state index contributed by atoms with van der Waals surface area (Å²) < 4.78 is 9.21. The first-order valence-electron chi connectivity index (χ1n) is 25.4. The molecule has 360 valence electrons. The van der Waals surface area contributed by atoms with E-state index in [-0.39, 0.29) is 27.1 Å². The summed E-state index contributed by atoms with van der Waals surface area (Å²) in [6, 6.07) is 62.0. The lowest BCUT2D eigenvalue weighted by molar-refractivity contribution is 0.483. The molecule has 0 spiro atoms. The molecule has 7 aromatic carbocycles. The standard InChI is InChI=1S/C66H70N4O/c1-62(2,3)47-35-48(66(12,13)45-25-18-15-19-26-45)37-50(36-47)69-43-68(59-41-55(63(4,5)6)56(42-60(59)69)64(7,8)9)49-27-22-28-51(39-49)71-52-31-32-54-53-29-20-21-30-57(53)70(58(54)40-52)61-38-46(33-34-67-61)65(10,11)44-23-16-14-17-24-44/h14-42H,43H2,1-13H3. The molecule has 3 heterocycles. The van der Waals surface area contributed by atoms with E-state index in [0.29, 0.717) is 6.67 Å². The predicted octanol–water partition coefficient (Wildman–Crippen LogP) is 17.8. The first-order chi connectivity index (χ1) is 33.6. The normalized spacial score (nSPS) is 13.6. The molecule has 0 aliphatic carbocycles. The molecule has 9 aromatic rings. The lowest BCUT2D eigenvalue weighted by atomic mass is 9.74. The Balaban J connectivity index is 1.07. The van der Waals surface area contributed by atoms with Crippen molar-refractivity contribution in [2.24, 2.45) is 0 Å². The van der Waals surface area contributed by atoms with Gasteiger partial charge >= 0.3 is 0 Å². The summed E-state index contributed by atoms with van der Waals surface area (Å²) in [6.45, 7) is 31.0. The molecule has 5 nitrogen and oxygen atoms in total. The maximum Gasteiger partial charge on any atom is 0.137 e. The molecule has 0 fully saturated rings. The van der Waals surface area contributed by atoms with Crippen LogP contribution in [0.2, 0.25) is 0 Å². The zero-order chi connectivity index (χ0) is 50.3. The Hall–Kier alpha value is -7.11. The van der Waals surface area contributed by atoms with Crippen molar-refractivity contribution in [2.75, 3.05) is 16.5 Å². The van der Waals surface area contributed by atoms with Crippen LogP contribution in [0.15, 0.2) is 176 Å². The number of anilines is 4. The van der Waals surface area contributed by atoms with E-state index in [1.807, 2.05) is 6.20 Å². The average Bonchev–Trinajstić information content (AvgIpc) is 3.89. The van der Waals surface area contributed by atoms with Gasteiger partial charge in [-0.05, 0) is 122 Å². The number of hydrogen-bond donors (Lipinski definition) is 0. The van der Waals surface area contributed by atoms with Crippen LogP contribution in [-0.2, 0) is 27.1 Å². The summed E-state index contributed by atoms with van der Waals surface area (Å²) in [5, 5.41) is 2.33. The number of hydrogen-bond acceptors (Lipinski definition) is 4. The van der Waals surface area contributed by atoms with Crippen molar-refractivity contribution in [3.8, 4) is 17.3 Å². The molecular weight excluding hydrogens is 865 g/mol. The second kappa shape index (κ2) is 17.3.